The van der Waals surface area contributed by atoms with Gasteiger partial charge in [-0.1, -0.05) is 13.8 Å². The lowest BCUT2D eigenvalue weighted by Crippen LogP contribution is -2.65. The summed E-state index contributed by atoms with van der Waals surface area (Å²) in [4.78, 5) is 6.39. The molecule has 1 saturated heterocycles. The van der Waals surface area contributed by atoms with Crippen molar-refractivity contribution in [2.24, 2.45) is 5.92 Å². The maximum atomic E-state index is 10.2. The Morgan fingerprint density at radius 2 is 2.24 bits per heavy atom. The maximum absolute atomic E-state index is 10.2. The first-order valence-electron chi connectivity index (χ1n) is 6.12. The topological polar surface area (TPSA) is 45.6 Å². The zero-order valence-corrected chi connectivity index (χ0v) is 10.7. The molecule has 4 heteroatoms. The van der Waals surface area contributed by atoms with Crippen LogP contribution in [0.5, 0.6) is 5.75 Å². The summed E-state index contributed by atoms with van der Waals surface area (Å²) >= 11 is 0. The van der Waals surface area contributed by atoms with Crippen LogP contribution in [0.25, 0.3) is 0 Å². The molecule has 0 saturated carbocycles. The molecule has 0 unspecified atom stereocenters. The largest absolute Gasteiger partial charge is 0.490 e. The van der Waals surface area contributed by atoms with E-state index in [9.17, 15) is 5.11 Å². The van der Waals surface area contributed by atoms with E-state index in [1.54, 1.807) is 6.20 Å². The van der Waals surface area contributed by atoms with Crippen molar-refractivity contribution < 1.29 is 9.84 Å². The van der Waals surface area contributed by atoms with Crippen LogP contribution in [0, 0.1) is 5.92 Å². The highest BCUT2D eigenvalue weighted by Gasteiger charge is 2.44. The van der Waals surface area contributed by atoms with Crippen molar-refractivity contribution in [2.75, 3.05) is 24.6 Å². The Hall–Kier alpha value is -1.29. The van der Waals surface area contributed by atoms with E-state index in [-0.39, 0.29) is 5.92 Å². The Bertz CT molecular complexity index is 387. The molecule has 1 aromatic heterocycles. The molecule has 0 radical (unpaired) electrons. The maximum Gasteiger partial charge on any atom is 0.171 e. The lowest BCUT2D eigenvalue weighted by Gasteiger charge is -2.49. The van der Waals surface area contributed by atoms with Gasteiger partial charge in [0.05, 0.1) is 19.7 Å². The summed E-state index contributed by atoms with van der Waals surface area (Å²) in [6.07, 6.45) is 1.75. The lowest BCUT2D eigenvalue weighted by molar-refractivity contribution is -0.0306. The average molecular weight is 236 g/mol. The van der Waals surface area contributed by atoms with E-state index < -0.39 is 5.60 Å². The van der Waals surface area contributed by atoms with Crippen molar-refractivity contribution in [1.29, 1.82) is 0 Å². The summed E-state index contributed by atoms with van der Waals surface area (Å²) in [6, 6.07) is 3.78. The van der Waals surface area contributed by atoms with Crippen LogP contribution < -0.4 is 9.64 Å². The summed E-state index contributed by atoms with van der Waals surface area (Å²) in [6.45, 7) is 7.92. The minimum atomic E-state index is -0.582. The van der Waals surface area contributed by atoms with Gasteiger partial charge >= 0.3 is 0 Å². The lowest BCUT2D eigenvalue weighted by atomic mass is 9.83. The molecule has 1 aliphatic heterocycles. The first-order valence-corrected chi connectivity index (χ1v) is 6.12. The predicted molar refractivity (Wildman–Crippen MR) is 67.4 cm³/mol. The van der Waals surface area contributed by atoms with E-state index in [0.717, 1.165) is 11.6 Å². The number of anilines is 1. The number of nitrogens with zero attached hydrogens (tertiary/aromatic N) is 2. The second-order valence-electron chi connectivity index (χ2n) is 4.87. The molecule has 17 heavy (non-hydrogen) atoms. The van der Waals surface area contributed by atoms with Crippen LogP contribution in [0.4, 0.5) is 5.82 Å². The van der Waals surface area contributed by atoms with Gasteiger partial charge in [0.15, 0.2) is 11.6 Å². The molecule has 4 nitrogen and oxygen atoms in total. The number of β-amino-alcohol motifs (C(OH)–C–C–N with tert-alkyl or cyclic N) is 1. The Balaban J connectivity index is 2.10. The molecule has 0 spiro atoms. The summed E-state index contributed by atoms with van der Waals surface area (Å²) in [7, 11) is 0. The van der Waals surface area contributed by atoms with Gasteiger partial charge in [-0.25, -0.2) is 4.98 Å². The minimum Gasteiger partial charge on any atom is -0.490 e. The van der Waals surface area contributed by atoms with Crippen molar-refractivity contribution in [2.45, 2.75) is 26.4 Å². The van der Waals surface area contributed by atoms with Crippen molar-refractivity contribution in [3.63, 3.8) is 0 Å². The molecule has 1 aromatic rings. The van der Waals surface area contributed by atoms with Crippen LogP contribution in [0.3, 0.4) is 0 Å². The smallest absolute Gasteiger partial charge is 0.171 e. The number of hydrogen-bond acceptors (Lipinski definition) is 4. The van der Waals surface area contributed by atoms with Crippen molar-refractivity contribution >= 4 is 5.82 Å². The van der Waals surface area contributed by atoms with Gasteiger partial charge < -0.3 is 14.7 Å². The van der Waals surface area contributed by atoms with E-state index in [4.69, 9.17) is 4.74 Å². The van der Waals surface area contributed by atoms with Gasteiger partial charge in [-0.15, -0.1) is 0 Å². The molecule has 0 atom stereocenters. The van der Waals surface area contributed by atoms with Gasteiger partial charge in [0.2, 0.25) is 0 Å². The molecule has 0 amide bonds. The number of ether oxygens (including phenoxy) is 1. The molecular weight excluding hydrogens is 216 g/mol. The van der Waals surface area contributed by atoms with Crippen molar-refractivity contribution in [1.82, 2.24) is 4.98 Å². The fraction of sp³-hybridized carbons (Fsp3) is 0.615. The number of hydrogen-bond donors (Lipinski definition) is 1. The number of rotatable bonds is 4. The third kappa shape index (κ3) is 2.22. The van der Waals surface area contributed by atoms with Crippen molar-refractivity contribution in [3.05, 3.63) is 18.3 Å². The van der Waals surface area contributed by atoms with E-state index in [1.807, 2.05) is 32.9 Å². The van der Waals surface area contributed by atoms with Gasteiger partial charge in [-0.05, 0) is 25.0 Å². The quantitative estimate of drug-likeness (QED) is 0.864. The molecular formula is C13H20N2O2. The fourth-order valence-electron chi connectivity index (χ4n) is 2.02. The zero-order chi connectivity index (χ0) is 12.5. The third-order valence-corrected chi connectivity index (χ3v) is 3.35. The van der Waals surface area contributed by atoms with Crippen molar-refractivity contribution in [3.8, 4) is 5.75 Å². The van der Waals surface area contributed by atoms with E-state index in [2.05, 4.69) is 9.88 Å². The van der Waals surface area contributed by atoms with Crippen LogP contribution >= 0.6 is 0 Å². The second kappa shape index (κ2) is 4.53. The van der Waals surface area contributed by atoms with E-state index in [1.165, 1.54) is 0 Å². The monoisotopic (exact) mass is 236 g/mol. The summed E-state index contributed by atoms with van der Waals surface area (Å²) < 4.78 is 5.54. The Kier molecular flexibility index (Phi) is 3.24. The van der Waals surface area contributed by atoms with Crippen LogP contribution in [0.2, 0.25) is 0 Å². The van der Waals surface area contributed by atoms with Crippen LogP contribution in [0.1, 0.15) is 20.8 Å². The molecule has 0 bridgehead atoms. The molecule has 2 heterocycles. The first-order chi connectivity index (χ1) is 8.07. The van der Waals surface area contributed by atoms with Gasteiger partial charge in [0.1, 0.15) is 5.60 Å². The Morgan fingerprint density at radius 1 is 1.53 bits per heavy atom. The minimum absolute atomic E-state index is 0.262. The molecule has 0 aliphatic carbocycles. The SMILES string of the molecule is CCOc1cccnc1N1CC(O)(C(C)C)C1. The normalized spacial score (nSPS) is 18.1. The second-order valence-corrected chi connectivity index (χ2v) is 4.87. The Labute approximate surface area is 102 Å². The summed E-state index contributed by atoms with van der Waals surface area (Å²) in [5.74, 6) is 1.89. The highest BCUT2D eigenvalue weighted by molar-refractivity contribution is 5.55. The molecule has 94 valence electrons. The number of aromatic nitrogens is 1. The van der Waals surface area contributed by atoms with Gasteiger partial charge in [-0.2, -0.15) is 0 Å². The van der Waals surface area contributed by atoms with Gasteiger partial charge in [-0.3, -0.25) is 0 Å². The van der Waals surface area contributed by atoms with Crippen LogP contribution in [-0.4, -0.2) is 35.4 Å². The highest BCUT2D eigenvalue weighted by Crippen LogP contribution is 2.36. The number of aliphatic hydroxyl groups is 1. The average Bonchev–Trinajstić information content (AvgIpc) is 2.26. The van der Waals surface area contributed by atoms with E-state index in [0.29, 0.717) is 19.7 Å². The third-order valence-electron chi connectivity index (χ3n) is 3.35. The van der Waals surface area contributed by atoms with Gasteiger partial charge in [0.25, 0.3) is 0 Å². The molecule has 0 aromatic carbocycles. The standard InChI is InChI=1S/C13H20N2O2/c1-4-17-11-6-5-7-14-12(11)15-8-13(16,9-15)10(2)3/h5-7,10,16H,4,8-9H2,1-3H3. The summed E-state index contributed by atoms with van der Waals surface area (Å²) in [5.41, 5.74) is -0.582. The predicted octanol–water partition coefficient (Wildman–Crippen LogP) is 1.69. The summed E-state index contributed by atoms with van der Waals surface area (Å²) in [5, 5.41) is 10.2. The van der Waals surface area contributed by atoms with Crippen LogP contribution in [-0.2, 0) is 0 Å². The molecule has 1 fully saturated rings. The Morgan fingerprint density at radius 3 is 2.82 bits per heavy atom. The molecule has 1 aliphatic rings. The number of pyridine rings is 1. The van der Waals surface area contributed by atoms with Crippen LogP contribution in [0.15, 0.2) is 18.3 Å². The molecule has 2 rings (SSSR count). The molecule has 1 N–H and O–H groups in total. The van der Waals surface area contributed by atoms with Gasteiger partial charge in [0, 0.05) is 6.20 Å². The first kappa shape index (κ1) is 12.2. The highest BCUT2D eigenvalue weighted by atomic mass is 16.5. The van der Waals surface area contributed by atoms with E-state index >= 15 is 0 Å². The fourth-order valence-corrected chi connectivity index (χ4v) is 2.02. The zero-order valence-electron chi connectivity index (χ0n) is 10.7.